The van der Waals surface area contributed by atoms with Gasteiger partial charge >= 0.3 is 0 Å². The van der Waals surface area contributed by atoms with Gasteiger partial charge in [-0.05, 0) is 6.54 Å². The largest absolute Gasteiger partial charge is 0.331 e. The van der Waals surface area contributed by atoms with Crippen molar-refractivity contribution < 1.29 is 0 Å². The smallest absolute Gasteiger partial charge is 0.0102 e. The molecule has 0 saturated heterocycles. The summed E-state index contributed by atoms with van der Waals surface area (Å²) in [6.45, 7) is 2.88. The van der Waals surface area contributed by atoms with Crippen LogP contribution < -0.4 is 5.73 Å². The van der Waals surface area contributed by atoms with Crippen molar-refractivity contribution in [3.8, 4) is 0 Å². The van der Waals surface area contributed by atoms with E-state index in [-0.39, 0.29) is 0 Å². The third-order valence-electron chi connectivity index (χ3n) is 0.697. The lowest BCUT2D eigenvalue weighted by molar-refractivity contribution is 0.819. The summed E-state index contributed by atoms with van der Waals surface area (Å²) in [5.74, 6) is 0. The highest BCUT2D eigenvalue weighted by Gasteiger charge is 1.66. The van der Waals surface area contributed by atoms with Crippen LogP contribution in [0, 0.1) is 6.42 Å². The predicted octanol–water partition coefficient (Wildman–Crippen LogP) is 0.949. The lowest BCUT2D eigenvalue weighted by Crippen LogP contribution is -1.96. The number of hydrogen-bond donors (Lipinski definition) is 1. The highest BCUT2D eigenvalue weighted by molar-refractivity contribution is 4.54. The topological polar surface area (TPSA) is 26.0 Å². The van der Waals surface area contributed by atoms with Crippen LogP contribution >= 0.6 is 0 Å². The molecule has 0 aromatic heterocycles. The zero-order valence-corrected chi connectivity index (χ0v) is 4.28. The summed E-state index contributed by atoms with van der Waals surface area (Å²) in [5.41, 5.74) is 5.19. The summed E-state index contributed by atoms with van der Waals surface area (Å²) in [7, 11) is 0. The molecule has 0 aromatic carbocycles. The van der Waals surface area contributed by atoms with Crippen LogP contribution in [0.5, 0.6) is 0 Å². The van der Waals surface area contributed by atoms with Gasteiger partial charge < -0.3 is 12.2 Å². The van der Waals surface area contributed by atoms with E-state index >= 15 is 0 Å². The Morgan fingerprint density at radius 2 is 2.33 bits per heavy atom. The van der Waals surface area contributed by atoms with Crippen LogP contribution in [-0.4, -0.2) is 6.54 Å². The van der Waals surface area contributed by atoms with Gasteiger partial charge in [-0.3, -0.25) is 0 Å². The Morgan fingerprint density at radius 3 is 2.50 bits per heavy atom. The Balaban J connectivity index is 2.34. The molecule has 0 spiro atoms. The van der Waals surface area contributed by atoms with Crippen LogP contribution in [0.3, 0.4) is 0 Å². The van der Waals surface area contributed by atoms with E-state index in [1.165, 1.54) is 0 Å². The molecule has 0 aromatic rings. The van der Waals surface area contributed by atoms with Crippen molar-refractivity contribution >= 4 is 0 Å². The summed E-state index contributed by atoms with van der Waals surface area (Å²) in [5, 5.41) is 0. The van der Waals surface area contributed by atoms with Crippen molar-refractivity contribution in [1.29, 1.82) is 0 Å². The van der Waals surface area contributed by atoms with Gasteiger partial charge in [0.15, 0.2) is 0 Å². The van der Waals surface area contributed by atoms with Crippen LogP contribution in [0.25, 0.3) is 0 Å². The highest BCUT2D eigenvalue weighted by atomic mass is 14.5. The van der Waals surface area contributed by atoms with E-state index in [1.807, 2.05) is 0 Å². The van der Waals surface area contributed by atoms with Crippen molar-refractivity contribution in [3.05, 3.63) is 6.42 Å². The molecule has 0 fully saturated rings. The zero-order valence-electron chi connectivity index (χ0n) is 4.28. The van der Waals surface area contributed by atoms with Gasteiger partial charge in [0.2, 0.25) is 0 Å². The van der Waals surface area contributed by atoms with Crippen LogP contribution in [0.15, 0.2) is 0 Å². The summed E-state index contributed by atoms with van der Waals surface area (Å²) in [4.78, 5) is 0. The molecular formula is C5H12N-. The van der Waals surface area contributed by atoms with Gasteiger partial charge in [-0.2, -0.15) is 13.3 Å². The lowest BCUT2D eigenvalue weighted by atomic mass is 10.3. The molecule has 38 valence electrons. The molecule has 0 bridgehead atoms. The maximum absolute atomic E-state index is 5.19. The second-order valence-corrected chi connectivity index (χ2v) is 1.34. The highest BCUT2D eigenvalue weighted by Crippen LogP contribution is 1.86. The molecule has 0 aliphatic rings. The molecule has 1 nitrogen and oxygen atoms in total. The molecule has 0 heterocycles. The molecule has 0 aliphatic heterocycles. The van der Waals surface area contributed by atoms with Crippen molar-refractivity contribution in [1.82, 2.24) is 0 Å². The van der Waals surface area contributed by atoms with Gasteiger partial charge in [0.05, 0.1) is 0 Å². The molecule has 0 aliphatic carbocycles. The fourth-order valence-corrected chi connectivity index (χ4v) is 0.322. The number of rotatable bonds is 3. The van der Waals surface area contributed by atoms with E-state index in [0.717, 1.165) is 19.4 Å². The standard InChI is InChI=1S/C5H12N/c1-2-3-4-5-6/h2H,3-6H2,1H3/q-1. The van der Waals surface area contributed by atoms with Crippen LogP contribution in [0.4, 0.5) is 0 Å². The van der Waals surface area contributed by atoms with Crippen LogP contribution in [-0.2, 0) is 0 Å². The van der Waals surface area contributed by atoms with Gasteiger partial charge in [0, 0.05) is 0 Å². The predicted molar refractivity (Wildman–Crippen MR) is 28.3 cm³/mol. The first-order valence-electron chi connectivity index (χ1n) is 2.39. The molecule has 2 N–H and O–H groups in total. The van der Waals surface area contributed by atoms with E-state index in [0.29, 0.717) is 0 Å². The minimum atomic E-state index is 0.824. The fourth-order valence-electron chi connectivity index (χ4n) is 0.322. The molecular weight excluding hydrogens is 74.1 g/mol. The number of unbranched alkanes of at least 4 members (excludes halogenated alkanes) is 2. The SMILES string of the molecule is C[CH-]CCCN. The summed E-state index contributed by atoms with van der Waals surface area (Å²) < 4.78 is 0. The fraction of sp³-hybridized carbons (Fsp3) is 0.800. The Bertz CT molecular complexity index is 15.9. The molecule has 0 saturated carbocycles. The van der Waals surface area contributed by atoms with Gasteiger partial charge in [0.1, 0.15) is 0 Å². The van der Waals surface area contributed by atoms with E-state index in [1.54, 1.807) is 0 Å². The lowest BCUT2D eigenvalue weighted by Gasteiger charge is -1.97. The monoisotopic (exact) mass is 86.1 g/mol. The number of hydrogen-bond acceptors (Lipinski definition) is 1. The van der Waals surface area contributed by atoms with E-state index < -0.39 is 0 Å². The van der Waals surface area contributed by atoms with Gasteiger partial charge in [0.25, 0.3) is 0 Å². The average Bonchev–Trinajstić information content (AvgIpc) is 1.61. The molecule has 0 unspecified atom stereocenters. The Hall–Kier alpha value is -0.0400. The molecule has 0 atom stereocenters. The molecule has 6 heavy (non-hydrogen) atoms. The van der Waals surface area contributed by atoms with Crippen LogP contribution in [0.2, 0.25) is 0 Å². The maximum atomic E-state index is 5.19. The summed E-state index contributed by atoms with van der Waals surface area (Å²) in [6, 6.07) is 0. The third-order valence-corrected chi connectivity index (χ3v) is 0.697. The quantitative estimate of drug-likeness (QED) is 0.401. The van der Waals surface area contributed by atoms with E-state index in [9.17, 15) is 0 Å². The van der Waals surface area contributed by atoms with Crippen LogP contribution in [0.1, 0.15) is 19.8 Å². The van der Waals surface area contributed by atoms with Crippen molar-refractivity contribution in [2.24, 2.45) is 5.73 Å². The molecule has 0 rings (SSSR count). The first-order valence-corrected chi connectivity index (χ1v) is 2.39. The second kappa shape index (κ2) is 4.96. The van der Waals surface area contributed by atoms with E-state index in [2.05, 4.69) is 13.3 Å². The molecule has 0 amide bonds. The van der Waals surface area contributed by atoms with Gasteiger partial charge in [-0.25, -0.2) is 0 Å². The van der Waals surface area contributed by atoms with Crippen molar-refractivity contribution in [2.45, 2.75) is 19.8 Å². The second-order valence-electron chi connectivity index (χ2n) is 1.34. The third kappa shape index (κ3) is 3.96. The van der Waals surface area contributed by atoms with Gasteiger partial charge in [-0.1, -0.05) is 6.42 Å². The van der Waals surface area contributed by atoms with Gasteiger partial charge in [-0.15, -0.1) is 0 Å². The minimum Gasteiger partial charge on any atom is -0.331 e. The zero-order chi connectivity index (χ0) is 4.83. The summed E-state index contributed by atoms with van der Waals surface area (Å²) in [6.07, 6.45) is 4.43. The molecule has 1 heteroatoms. The minimum absolute atomic E-state index is 0.824. The molecule has 0 radical (unpaired) electrons. The maximum Gasteiger partial charge on any atom is -0.0102 e. The average molecular weight is 86.2 g/mol. The Labute approximate surface area is 39.5 Å². The first-order chi connectivity index (χ1) is 2.91. The first kappa shape index (κ1) is 5.96. The van der Waals surface area contributed by atoms with Crippen molar-refractivity contribution in [3.63, 3.8) is 0 Å². The van der Waals surface area contributed by atoms with Crippen molar-refractivity contribution in [2.75, 3.05) is 6.54 Å². The normalized spacial score (nSPS) is 9.00. The summed E-state index contributed by atoms with van der Waals surface area (Å²) >= 11 is 0. The number of nitrogens with two attached hydrogens (primary N) is 1. The van der Waals surface area contributed by atoms with E-state index in [4.69, 9.17) is 5.73 Å². The Morgan fingerprint density at radius 1 is 1.67 bits per heavy atom. The Kier molecular flexibility index (Phi) is 4.93.